The van der Waals surface area contributed by atoms with Gasteiger partial charge in [0.2, 0.25) is 0 Å². The highest BCUT2D eigenvalue weighted by Crippen LogP contribution is 2.27. The lowest BCUT2D eigenvalue weighted by Crippen LogP contribution is -2.32. The highest BCUT2D eigenvalue weighted by molar-refractivity contribution is 5.96. The third-order valence-corrected chi connectivity index (χ3v) is 4.50. The topological polar surface area (TPSA) is 70.6 Å². The fraction of sp³-hybridized carbons (Fsp3) is 0.588. The molecule has 1 aromatic rings. The molecule has 116 valence electrons. The maximum Gasteiger partial charge on any atom is 0.170 e. The lowest BCUT2D eigenvalue weighted by molar-refractivity contribution is 0.277. The van der Waals surface area contributed by atoms with Crippen LogP contribution in [0.15, 0.2) is 29.4 Å². The summed E-state index contributed by atoms with van der Waals surface area (Å²) in [5.74, 6) is 1.11. The molecule has 0 amide bonds. The first-order valence-corrected chi connectivity index (χ1v) is 8.03. The van der Waals surface area contributed by atoms with Crippen molar-refractivity contribution in [1.82, 2.24) is 5.32 Å². The minimum Gasteiger partial charge on any atom is -0.409 e. The summed E-state index contributed by atoms with van der Waals surface area (Å²) in [4.78, 5) is 0. The second kappa shape index (κ2) is 8.03. The van der Waals surface area contributed by atoms with E-state index < -0.39 is 0 Å². The van der Waals surface area contributed by atoms with Crippen LogP contribution in [0, 0.1) is 5.92 Å². The zero-order chi connectivity index (χ0) is 15.1. The van der Waals surface area contributed by atoms with Gasteiger partial charge in [0.05, 0.1) is 0 Å². The van der Waals surface area contributed by atoms with E-state index in [-0.39, 0.29) is 5.84 Å². The van der Waals surface area contributed by atoms with Gasteiger partial charge in [0, 0.05) is 18.2 Å². The molecule has 1 saturated carbocycles. The Morgan fingerprint density at radius 1 is 1.24 bits per heavy atom. The quantitative estimate of drug-likeness (QED) is 0.326. The average molecular weight is 289 g/mol. The maximum atomic E-state index is 8.64. The largest absolute Gasteiger partial charge is 0.409 e. The zero-order valence-electron chi connectivity index (χ0n) is 12.9. The number of benzene rings is 1. The van der Waals surface area contributed by atoms with Crippen LogP contribution in [0.1, 0.15) is 56.6 Å². The van der Waals surface area contributed by atoms with E-state index in [0.717, 1.165) is 18.0 Å². The van der Waals surface area contributed by atoms with E-state index in [2.05, 4.69) is 17.4 Å². The lowest BCUT2D eigenvalue weighted by atomic mass is 9.83. The van der Waals surface area contributed by atoms with Crippen molar-refractivity contribution in [1.29, 1.82) is 0 Å². The molecule has 0 aliphatic heterocycles. The Morgan fingerprint density at radius 3 is 2.48 bits per heavy atom. The molecule has 0 heterocycles. The van der Waals surface area contributed by atoms with Crippen molar-refractivity contribution in [3.63, 3.8) is 0 Å². The van der Waals surface area contributed by atoms with Crippen molar-refractivity contribution in [2.45, 2.75) is 58.0 Å². The summed E-state index contributed by atoms with van der Waals surface area (Å²) < 4.78 is 0. The third-order valence-electron chi connectivity index (χ3n) is 4.50. The van der Waals surface area contributed by atoms with Gasteiger partial charge in [-0.2, -0.15) is 0 Å². The van der Waals surface area contributed by atoms with E-state index in [9.17, 15) is 0 Å². The van der Waals surface area contributed by atoms with Crippen molar-refractivity contribution in [2.24, 2.45) is 16.8 Å². The Bertz CT molecular complexity index is 448. The SMILES string of the molecule is CCCC1CCC(NCc2ccc(C(N)=NO)cc2)CC1. The van der Waals surface area contributed by atoms with Gasteiger partial charge in [0.1, 0.15) is 0 Å². The van der Waals surface area contributed by atoms with E-state index in [1.807, 2.05) is 24.3 Å². The van der Waals surface area contributed by atoms with Crippen LogP contribution in [-0.2, 0) is 6.54 Å². The molecule has 4 heteroatoms. The van der Waals surface area contributed by atoms with E-state index in [1.54, 1.807) is 0 Å². The Morgan fingerprint density at radius 2 is 1.90 bits per heavy atom. The lowest BCUT2D eigenvalue weighted by Gasteiger charge is -2.29. The molecule has 0 unspecified atom stereocenters. The van der Waals surface area contributed by atoms with E-state index in [4.69, 9.17) is 10.9 Å². The monoisotopic (exact) mass is 289 g/mol. The summed E-state index contributed by atoms with van der Waals surface area (Å²) >= 11 is 0. The highest BCUT2D eigenvalue weighted by atomic mass is 16.4. The van der Waals surface area contributed by atoms with Gasteiger partial charge in [-0.05, 0) is 37.2 Å². The number of amidine groups is 1. The van der Waals surface area contributed by atoms with Crippen molar-refractivity contribution >= 4 is 5.84 Å². The normalized spacial score (nSPS) is 23.2. The van der Waals surface area contributed by atoms with Crippen LogP contribution < -0.4 is 11.1 Å². The van der Waals surface area contributed by atoms with Crippen LogP contribution in [0.25, 0.3) is 0 Å². The van der Waals surface area contributed by atoms with E-state index >= 15 is 0 Å². The maximum absolute atomic E-state index is 8.64. The molecule has 1 aromatic carbocycles. The van der Waals surface area contributed by atoms with Crippen LogP contribution in [0.3, 0.4) is 0 Å². The predicted octanol–water partition coefficient (Wildman–Crippen LogP) is 3.23. The molecule has 21 heavy (non-hydrogen) atoms. The van der Waals surface area contributed by atoms with Gasteiger partial charge >= 0.3 is 0 Å². The molecule has 1 aliphatic carbocycles. The summed E-state index contributed by atoms with van der Waals surface area (Å²) in [5.41, 5.74) is 7.54. The molecule has 1 aliphatic rings. The van der Waals surface area contributed by atoms with Gasteiger partial charge in [0.25, 0.3) is 0 Å². The third kappa shape index (κ3) is 4.74. The highest BCUT2D eigenvalue weighted by Gasteiger charge is 2.19. The van der Waals surface area contributed by atoms with Gasteiger partial charge in [0.15, 0.2) is 5.84 Å². The van der Waals surface area contributed by atoms with Gasteiger partial charge in [-0.15, -0.1) is 0 Å². The van der Waals surface area contributed by atoms with Crippen LogP contribution >= 0.6 is 0 Å². The van der Waals surface area contributed by atoms with Gasteiger partial charge < -0.3 is 16.3 Å². The second-order valence-electron chi connectivity index (χ2n) is 6.07. The number of rotatable bonds is 6. The minimum atomic E-state index is 0.156. The standard InChI is InChI=1S/C17H27N3O/c1-2-3-13-6-10-16(11-7-13)19-12-14-4-8-15(9-5-14)17(18)20-21/h4-5,8-9,13,16,19,21H,2-3,6-7,10-12H2,1H3,(H2,18,20). The average Bonchev–Trinajstić information content (AvgIpc) is 2.54. The van der Waals surface area contributed by atoms with Gasteiger partial charge in [-0.3, -0.25) is 0 Å². The molecule has 0 spiro atoms. The minimum absolute atomic E-state index is 0.156. The number of hydrogen-bond acceptors (Lipinski definition) is 3. The fourth-order valence-electron chi connectivity index (χ4n) is 3.18. The molecule has 0 aromatic heterocycles. The molecule has 2 rings (SSSR count). The molecule has 1 fully saturated rings. The first-order chi connectivity index (χ1) is 10.2. The Hall–Kier alpha value is -1.55. The van der Waals surface area contributed by atoms with Crippen LogP contribution in [0.5, 0.6) is 0 Å². The van der Waals surface area contributed by atoms with Crippen molar-refractivity contribution < 1.29 is 5.21 Å². The molecule has 4 N–H and O–H groups in total. The number of nitrogens with two attached hydrogens (primary N) is 1. The van der Waals surface area contributed by atoms with E-state index in [0.29, 0.717) is 6.04 Å². The second-order valence-corrected chi connectivity index (χ2v) is 6.07. The molecule has 0 saturated heterocycles. The summed E-state index contributed by atoms with van der Waals surface area (Å²) in [6, 6.07) is 8.50. The molecular formula is C17H27N3O. The number of nitrogens with zero attached hydrogens (tertiary/aromatic N) is 1. The van der Waals surface area contributed by atoms with Crippen molar-refractivity contribution in [2.75, 3.05) is 0 Å². The number of hydrogen-bond donors (Lipinski definition) is 3. The Balaban J connectivity index is 1.76. The van der Waals surface area contributed by atoms with Crippen LogP contribution in [0.2, 0.25) is 0 Å². The molecule has 0 atom stereocenters. The number of nitrogens with one attached hydrogen (secondary N) is 1. The fourth-order valence-corrected chi connectivity index (χ4v) is 3.18. The van der Waals surface area contributed by atoms with E-state index in [1.165, 1.54) is 44.1 Å². The Kier molecular flexibility index (Phi) is 6.05. The predicted molar refractivity (Wildman–Crippen MR) is 86.4 cm³/mol. The first kappa shape index (κ1) is 15.8. The van der Waals surface area contributed by atoms with Crippen LogP contribution in [0.4, 0.5) is 0 Å². The molecule has 0 bridgehead atoms. The molecular weight excluding hydrogens is 262 g/mol. The summed E-state index contributed by atoms with van der Waals surface area (Å²) in [6.07, 6.45) is 8.04. The van der Waals surface area contributed by atoms with Gasteiger partial charge in [-0.25, -0.2) is 0 Å². The summed E-state index contributed by atoms with van der Waals surface area (Å²) in [7, 11) is 0. The first-order valence-electron chi connectivity index (χ1n) is 8.03. The summed E-state index contributed by atoms with van der Waals surface area (Å²) in [6.45, 7) is 3.17. The number of oxime groups is 1. The summed E-state index contributed by atoms with van der Waals surface area (Å²) in [5, 5.41) is 15.3. The zero-order valence-corrected chi connectivity index (χ0v) is 12.9. The van der Waals surface area contributed by atoms with Crippen molar-refractivity contribution in [3.05, 3.63) is 35.4 Å². The van der Waals surface area contributed by atoms with Gasteiger partial charge in [-0.1, -0.05) is 49.2 Å². The molecule has 4 nitrogen and oxygen atoms in total. The Labute approximate surface area is 127 Å². The van der Waals surface area contributed by atoms with Crippen molar-refractivity contribution in [3.8, 4) is 0 Å². The molecule has 0 radical (unpaired) electrons. The smallest absolute Gasteiger partial charge is 0.170 e. The van der Waals surface area contributed by atoms with Crippen LogP contribution in [-0.4, -0.2) is 17.1 Å².